The van der Waals surface area contributed by atoms with Gasteiger partial charge in [0.25, 0.3) is 5.91 Å². The zero-order valence-corrected chi connectivity index (χ0v) is 16.7. The molecule has 1 aliphatic rings. The van der Waals surface area contributed by atoms with Crippen LogP contribution in [0.3, 0.4) is 0 Å². The predicted octanol–water partition coefficient (Wildman–Crippen LogP) is 5.24. The van der Waals surface area contributed by atoms with Crippen molar-refractivity contribution in [2.45, 2.75) is 65.0 Å². The Morgan fingerprint density at radius 2 is 1.74 bits per heavy atom. The summed E-state index contributed by atoms with van der Waals surface area (Å²) in [5.74, 6) is 1.31. The average molecular weight is 366 g/mol. The quantitative estimate of drug-likeness (QED) is 0.729. The van der Waals surface area contributed by atoms with E-state index >= 15 is 0 Å². The molecule has 1 N–H and O–H groups in total. The first-order valence-corrected chi connectivity index (χ1v) is 10.2. The molecule has 2 atom stereocenters. The lowest BCUT2D eigenvalue weighted by molar-refractivity contribution is -0.128. The van der Waals surface area contributed by atoms with Crippen LogP contribution in [0.5, 0.6) is 5.75 Å². The van der Waals surface area contributed by atoms with Crippen LogP contribution in [0.2, 0.25) is 0 Å². The second-order valence-corrected chi connectivity index (χ2v) is 7.96. The second-order valence-electron chi connectivity index (χ2n) is 7.96. The van der Waals surface area contributed by atoms with E-state index in [2.05, 4.69) is 37.4 Å². The first-order chi connectivity index (χ1) is 13.0. The fourth-order valence-corrected chi connectivity index (χ4v) is 3.82. The number of hydrogen-bond acceptors (Lipinski definition) is 2. The van der Waals surface area contributed by atoms with Crippen LogP contribution in [0.25, 0.3) is 0 Å². The molecule has 3 heteroatoms. The van der Waals surface area contributed by atoms with Crippen LogP contribution < -0.4 is 10.1 Å². The molecule has 2 aromatic carbocycles. The third-order valence-electron chi connectivity index (χ3n) is 5.25. The zero-order valence-electron chi connectivity index (χ0n) is 16.7. The van der Waals surface area contributed by atoms with Crippen LogP contribution in [-0.2, 0) is 17.6 Å². The first kappa shape index (κ1) is 19.5. The van der Waals surface area contributed by atoms with Gasteiger partial charge >= 0.3 is 0 Å². The third-order valence-corrected chi connectivity index (χ3v) is 5.25. The van der Waals surface area contributed by atoms with Crippen molar-refractivity contribution in [2.24, 2.45) is 5.92 Å². The smallest absolute Gasteiger partial charge is 0.261 e. The van der Waals surface area contributed by atoms with Crippen molar-refractivity contribution in [3.8, 4) is 5.75 Å². The van der Waals surface area contributed by atoms with Crippen molar-refractivity contribution in [2.75, 3.05) is 0 Å². The molecule has 0 aliphatic heterocycles. The van der Waals surface area contributed by atoms with Gasteiger partial charge in [-0.25, -0.2) is 0 Å². The number of nitrogens with one attached hydrogen (secondary N) is 1. The Bertz CT molecular complexity index is 754. The van der Waals surface area contributed by atoms with Gasteiger partial charge in [-0.05, 0) is 67.7 Å². The summed E-state index contributed by atoms with van der Waals surface area (Å²) in [6.07, 6.45) is 4.97. The van der Waals surface area contributed by atoms with Crippen molar-refractivity contribution >= 4 is 5.91 Å². The highest BCUT2D eigenvalue weighted by Gasteiger charge is 2.23. The Morgan fingerprint density at radius 3 is 2.48 bits per heavy atom. The largest absolute Gasteiger partial charge is 0.481 e. The van der Waals surface area contributed by atoms with E-state index in [0.29, 0.717) is 5.92 Å². The van der Waals surface area contributed by atoms with Crippen LogP contribution in [0.1, 0.15) is 62.8 Å². The standard InChI is InChI=1S/C24H31NO2/c1-17(2)16-22(20-11-5-4-6-12-20)25-24(26)18(3)27-23-15-9-13-19-10-7-8-14-21(19)23/h4-6,9,11-13,15,17-18,22H,7-8,10,14,16H2,1-3H3,(H,25,26). The number of amides is 1. The SMILES string of the molecule is CC(C)CC(NC(=O)C(C)Oc1cccc2c1CCCC2)c1ccccc1. The van der Waals surface area contributed by atoms with Crippen LogP contribution in [0, 0.1) is 5.92 Å². The maximum absolute atomic E-state index is 12.8. The molecule has 3 nitrogen and oxygen atoms in total. The highest BCUT2D eigenvalue weighted by Crippen LogP contribution is 2.30. The number of aryl methyl sites for hydroxylation is 1. The van der Waals surface area contributed by atoms with Gasteiger partial charge in [-0.1, -0.05) is 56.3 Å². The molecule has 0 radical (unpaired) electrons. The van der Waals surface area contributed by atoms with Crippen molar-refractivity contribution < 1.29 is 9.53 Å². The molecule has 3 rings (SSSR count). The Kier molecular flexibility index (Phi) is 6.54. The molecule has 0 aromatic heterocycles. The van der Waals surface area contributed by atoms with Gasteiger partial charge in [-0.3, -0.25) is 4.79 Å². The lowest BCUT2D eigenvalue weighted by Gasteiger charge is -2.25. The summed E-state index contributed by atoms with van der Waals surface area (Å²) in [6, 6.07) is 16.4. The summed E-state index contributed by atoms with van der Waals surface area (Å²) in [5, 5.41) is 3.20. The maximum Gasteiger partial charge on any atom is 0.261 e. The number of ether oxygens (including phenoxy) is 1. The lowest BCUT2D eigenvalue weighted by atomic mass is 9.91. The molecule has 2 aromatic rings. The maximum atomic E-state index is 12.8. The predicted molar refractivity (Wildman–Crippen MR) is 110 cm³/mol. The molecule has 0 heterocycles. The molecule has 144 valence electrons. The number of carbonyl (C=O) groups is 1. The lowest BCUT2D eigenvalue weighted by Crippen LogP contribution is -2.39. The molecule has 0 bridgehead atoms. The Morgan fingerprint density at radius 1 is 1.00 bits per heavy atom. The summed E-state index contributed by atoms with van der Waals surface area (Å²) >= 11 is 0. The minimum Gasteiger partial charge on any atom is -0.481 e. The average Bonchev–Trinajstić information content (AvgIpc) is 2.68. The van der Waals surface area contributed by atoms with Crippen molar-refractivity contribution in [1.82, 2.24) is 5.32 Å². The van der Waals surface area contributed by atoms with E-state index < -0.39 is 6.10 Å². The molecule has 1 amide bonds. The zero-order chi connectivity index (χ0) is 19.2. The summed E-state index contributed by atoms with van der Waals surface area (Å²) in [6.45, 7) is 6.20. The van der Waals surface area contributed by atoms with E-state index in [1.807, 2.05) is 37.3 Å². The molecule has 2 unspecified atom stereocenters. The normalized spacial score (nSPS) is 15.7. The Hall–Kier alpha value is -2.29. The molecular formula is C24H31NO2. The second kappa shape index (κ2) is 9.07. The molecule has 0 spiro atoms. The van der Waals surface area contributed by atoms with Crippen LogP contribution >= 0.6 is 0 Å². The fraction of sp³-hybridized carbons (Fsp3) is 0.458. The third kappa shape index (κ3) is 5.12. The molecule has 0 fully saturated rings. The first-order valence-electron chi connectivity index (χ1n) is 10.2. The number of rotatable bonds is 7. The summed E-state index contributed by atoms with van der Waals surface area (Å²) in [5.41, 5.74) is 3.79. The topological polar surface area (TPSA) is 38.3 Å². The highest BCUT2D eigenvalue weighted by molar-refractivity contribution is 5.81. The van der Waals surface area contributed by atoms with Gasteiger partial charge in [0.15, 0.2) is 6.10 Å². The van der Waals surface area contributed by atoms with Crippen molar-refractivity contribution in [3.63, 3.8) is 0 Å². The number of hydrogen-bond donors (Lipinski definition) is 1. The van der Waals surface area contributed by atoms with E-state index in [4.69, 9.17) is 4.74 Å². The van der Waals surface area contributed by atoms with E-state index in [-0.39, 0.29) is 11.9 Å². The van der Waals surface area contributed by atoms with Crippen LogP contribution in [-0.4, -0.2) is 12.0 Å². The highest BCUT2D eigenvalue weighted by atomic mass is 16.5. The summed E-state index contributed by atoms with van der Waals surface area (Å²) < 4.78 is 6.10. The van der Waals surface area contributed by atoms with Crippen LogP contribution in [0.15, 0.2) is 48.5 Å². The van der Waals surface area contributed by atoms with E-state index in [0.717, 1.165) is 30.6 Å². The molecular weight excluding hydrogens is 334 g/mol. The summed E-state index contributed by atoms with van der Waals surface area (Å²) in [4.78, 5) is 12.8. The molecule has 0 saturated heterocycles. The minimum absolute atomic E-state index is 0.00874. The van der Waals surface area contributed by atoms with Gasteiger partial charge in [0.05, 0.1) is 6.04 Å². The Labute approximate surface area is 163 Å². The minimum atomic E-state index is -0.517. The van der Waals surface area contributed by atoms with E-state index in [1.54, 1.807) is 0 Å². The number of benzene rings is 2. The molecule has 27 heavy (non-hydrogen) atoms. The summed E-state index contributed by atoms with van der Waals surface area (Å²) in [7, 11) is 0. The number of fused-ring (bicyclic) bond motifs is 1. The Balaban J connectivity index is 1.69. The van der Waals surface area contributed by atoms with Gasteiger partial charge in [0.1, 0.15) is 5.75 Å². The van der Waals surface area contributed by atoms with Gasteiger partial charge in [0.2, 0.25) is 0 Å². The van der Waals surface area contributed by atoms with Crippen LogP contribution in [0.4, 0.5) is 0 Å². The number of carbonyl (C=O) groups excluding carboxylic acids is 1. The van der Waals surface area contributed by atoms with E-state index in [9.17, 15) is 4.79 Å². The fourth-order valence-electron chi connectivity index (χ4n) is 3.82. The van der Waals surface area contributed by atoms with Crippen molar-refractivity contribution in [3.05, 3.63) is 65.2 Å². The van der Waals surface area contributed by atoms with Gasteiger partial charge in [-0.2, -0.15) is 0 Å². The van der Waals surface area contributed by atoms with Gasteiger partial charge < -0.3 is 10.1 Å². The van der Waals surface area contributed by atoms with Gasteiger partial charge in [-0.15, -0.1) is 0 Å². The monoisotopic (exact) mass is 365 g/mol. The molecule has 0 saturated carbocycles. The molecule has 1 aliphatic carbocycles. The van der Waals surface area contributed by atoms with Gasteiger partial charge in [0, 0.05) is 0 Å². The van der Waals surface area contributed by atoms with E-state index in [1.165, 1.54) is 24.0 Å². The van der Waals surface area contributed by atoms with Crippen molar-refractivity contribution in [1.29, 1.82) is 0 Å².